The number of thioether (sulfide) groups is 1. The van der Waals surface area contributed by atoms with Gasteiger partial charge < -0.3 is 14.8 Å². The van der Waals surface area contributed by atoms with E-state index in [0.29, 0.717) is 15.8 Å². The van der Waals surface area contributed by atoms with E-state index >= 15 is 0 Å². The molecular weight excluding hydrogens is 314 g/mol. The molecule has 0 fully saturated rings. The Balaban J connectivity index is 1.89. The van der Waals surface area contributed by atoms with Gasteiger partial charge in [0.25, 0.3) is 0 Å². The lowest BCUT2D eigenvalue weighted by Crippen LogP contribution is -2.13. The maximum atomic E-state index is 11.8. The summed E-state index contributed by atoms with van der Waals surface area (Å²) in [6.07, 6.45) is 0. The van der Waals surface area contributed by atoms with E-state index in [2.05, 4.69) is 5.32 Å². The van der Waals surface area contributed by atoms with E-state index in [1.807, 2.05) is 13.0 Å². The molecule has 2 aromatic rings. The maximum Gasteiger partial charge on any atom is 0.371 e. The summed E-state index contributed by atoms with van der Waals surface area (Å²) < 4.78 is 5.04. The van der Waals surface area contributed by atoms with Crippen LogP contribution in [0.25, 0.3) is 0 Å². The fourth-order valence-corrected chi connectivity index (χ4v) is 2.36. The topological polar surface area (TPSA) is 79.5 Å². The zero-order chi connectivity index (χ0) is 15.4. The van der Waals surface area contributed by atoms with Gasteiger partial charge in [-0.1, -0.05) is 29.4 Å². The molecule has 0 aliphatic carbocycles. The molecule has 0 aliphatic rings. The van der Waals surface area contributed by atoms with Crippen molar-refractivity contribution in [3.05, 3.63) is 46.7 Å². The lowest BCUT2D eigenvalue weighted by Gasteiger charge is -2.06. The minimum absolute atomic E-state index is 0.109. The summed E-state index contributed by atoms with van der Waals surface area (Å²) in [6.45, 7) is 1.88. The molecule has 5 nitrogen and oxygen atoms in total. The normalized spacial score (nSPS) is 10.4. The molecule has 1 heterocycles. The van der Waals surface area contributed by atoms with E-state index in [-0.39, 0.29) is 17.4 Å². The van der Waals surface area contributed by atoms with Crippen LogP contribution >= 0.6 is 23.4 Å². The fourth-order valence-electron chi connectivity index (χ4n) is 1.52. The van der Waals surface area contributed by atoms with Crippen LogP contribution in [-0.4, -0.2) is 22.7 Å². The highest BCUT2D eigenvalue weighted by molar-refractivity contribution is 7.99. The zero-order valence-corrected chi connectivity index (χ0v) is 12.6. The number of hydrogen-bond donors (Lipinski definition) is 2. The number of furan rings is 1. The van der Waals surface area contributed by atoms with E-state index in [1.165, 1.54) is 12.1 Å². The third kappa shape index (κ3) is 4.27. The van der Waals surface area contributed by atoms with Crippen LogP contribution in [0.2, 0.25) is 5.02 Å². The average molecular weight is 326 g/mol. The fraction of sp³-hybridized carbons (Fsp3) is 0.143. The van der Waals surface area contributed by atoms with E-state index in [1.54, 1.807) is 12.1 Å². The molecule has 7 heteroatoms. The second-order valence-corrected chi connectivity index (χ2v) is 5.61. The maximum absolute atomic E-state index is 11.8. The number of amides is 1. The lowest BCUT2D eigenvalue weighted by molar-refractivity contribution is -0.113. The van der Waals surface area contributed by atoms with Crippen molar-refractivity contribution in [1.29, 1.82) is 0 Å². The zero-order valence-electron chi connectivity index (χ0n) is 11.1. The Labute approximate surface area is 130 Å². The van der Waals surface area contributed by atoms with Gasteiger partial charge in [0.05, 0.1) is 5.75 Å². The highest BCUT2D eigenvalue weighted by atomic mass is 35.5. The second-order valence-electron chi connectivity index (χ2n) is 4.22. The van der Waals surface area contributed by atoms with Crippen LogP contribution in [0.5, 0.6) is 0 Å². The molecule has 1 aromatic heterocycles. The number of carbonyl (C=O) groups excluding carboxylic acids is 1. The number of rotatable bonds is 5. The van der Waals surface area contributed by atoms with Gasteiger partial charge in [0.2, 0.25) is 11.7 Å². The highest BCUT2D eigenvalue weighted by Crippen LogP contribution is 2.23. The number of aromatic carboxylic acids is 1. The molecule has 1 aromatic carbocycles. The number of hydrogen-bond acceptors (Lipinski definition) is 4. The van der Waals surface area contributed by atoms with Crippen molar-refractivity contribution in [2.45, 2.75) is 12.0 Å². The van der Waals surface area contributed by atoms with E-state index in [9.17, 15) is 9.59 Å². The number of aryl methyl sites for hydroxylation is 1. The molecular formula is C14H12ClNO4S. The number of carboxylic acids is 1. The van der Waals surface area contributed by atoms with Crippen LogP contribution < -0.4 is 5.32 Å². The predicted octanol–water partition coefficient (Wildman–Crippen LogP) is 3.67. The van der Waals surface area contributed by atoms with E-state index in [4.69, 9.17) is 21.1 Å². The van der Waals surface area contributed by atoms with Gasteiger partial charge >= 0.3 is 5.97 Å². The Kier molecular flexibility index (Phi) is 4.93. The first kappa shape index (κ1) is 15.5. The second kappa shape index (κ2) is 6.69. The van der Waals surface area contributed by atoms with Crippen molar-refractivity contribution in [1.82, 2.24) is 0 Å². The van der Waals surface area contributed by atoms with Crippen LogP contribution in [0, 0.1) is 6.92 Å². The monoisotopic (exact) mass is 325 g/mol. The van der Waals surface area contributed by atoms with Crippen LogP contribution in [0.4, 0.5) is 5.69 Å². The third-order valence-electron chi connectivity index (χ3n) is 2.59. The quantitative estimate of drug-likeness (QED) is 0.820. The Morgan fingerprint density at radius 2 is 2.10 bits per heavy atom. The van der Waals surface area contributed by atoms with Crippen molar-refractivity contribution in [3.8, 4) is 0 Å². The molecule has 2 N–H and O–H groups in total. The number of benzene rings is 1. The van der Waals surface area contributed by atoms with Gasteiger partial charge in [-0.05, 0) is 36.8 Å². The SMILES string of the molecule is Cc1ccc(NC(=O)CSc2ccc(C(=O)O)o2)cc1Cl. The third-order valence-corrected chi connectivity index (χ3v) is 3.91. The van der Waals surface area contributed by atoms with Crippen molar-refractivity contribution in [2.75, 3.05) is 11.1 Å². The number of nitrogens with one attached hydrogen (secondary N) is 1. The first-order chi connectivity index (χ1) is 9.95. The average Bonchev–Trinajstić information content (AvgIpc) is 2.90. The predicted molar refractivity (Wildman–Crippen MR) is 81.2 cm³/mol. The van der Waals surface area contributed by atoms with Gasteiger partial charge in [-0.25, -0.2) is 4.79 Å². The summed E-state index contributed by atoms with van der Waals surface area (Å²) in [5.74, 6) is -1.41. The number of carboxylic acid groups (broad SMARTS) is 1. The van der Waals surface area contributed by atoms with Gasteiger partial charge in [-0.2, -0.15) is 0 Å². The smallest absolute Gasteiger partial charge is 0.371 e. The van der Waals surface area contributed by atoms with E-state index < -0.39 is 5.97 Å². The van der Waals surface area contributed by atoms with Crippen molar-refractivity contribution in [3.63, 3.8) is 0 Å². The summed E-state index contributed by atoms with van der Waals surface area (Å²) >= 11 is 7.09. The molecule has 1 amide bonds. The number of carbonyl (C=O) groups is 2. The molecule has 0 spiro atoms. The van der Waals surface area contributed by atoms with Gasteiger partial charge in [-0.15, -0.1) is 0 Å². The Bertz CT molecular complexity index is 683. The molecule has 0 saturated heterocycles. The van der Waals surface area contributed by atoms with Crippen molar-refractivity contribution in [2.24, 2.45) is 0 Å². The van der Waals surface area contributed by atoms with Crippen LogP contribution in [0.3, 0.4) is 0 Å². The minimum atomic E-state index is -1.14. The van der Waals surface area contributed by atoms with Crippen LogP contribution in [0.1, 0.15) is 16.1 Å². The standard InChI is InChI=1S/C14H12ClNO4S/c1-8-2-3-9(6-10(8)15)16-12(17)7-21-13-5-4-11(20-13)14(18)19/h2-6H,7H2,1H3,(H,16,17)(H,18,19). The van der Waals surface area contributed by atoms with Crippen molar-refractivity contribution < 1.29 is 19.1 Å². The van der Waals surface area contributed by atoms with Gasteiger partial charge in [-0.3, -0.25) is 4.79 Å². The molecule has 0 aliphatic heterocycles. The summed E-state index contributed by atoms with van der Waals surface area (Å²) in [4.78, 5) is 22.4. The van der Waals surface area contributed by atoms with Gasteiger partial charge in [0.15, 0.2) is 5.09 Å². The summed E-state index contributed by atoms with van der Waals surface area (Å²) in [7, 11) is 0. The van der Waals surface area contributed by atoms with Gasteiger partial charge in [0.1, 0.15) is 0 Å². The first-order valence-corrected chi connectivity index (χ1v) is 7.34. The molecule has 110 valence electrons. The van der Waals surface area contributed by atoms with Crippen molar-refractivity contribution >= 4 is 40.9 Å². The van der Waals surface area contributed by atoms with Gasteiger partial charge in [0, 0.05) is 10.7 Å². The van der Waals surface area contributed by atoms with Crippen LogP contribution in [-0.2, 0) is 4.79 Å². The minimum Gasteiger partial charge on any atom is -0.475 e. The summed E-state index contributed by atoms with van der Waals surface area (Å²) in [5.41, 5.74) is 1.54. The molecule has 0 bridgehead atoms. The number of anilines is 1. The Hall–Kier alpha value is -1.92. The largest absolute Gasteiger partial charge is 0.475 e. The number of halogens is 1. The molecule has 0 radical (unpaired) electrons. The summed E-state index contributed by atoms with van der Waals surface area (Å²) in [6, 6.07) is 8.12. The lowest BCUT2D eigenvalue weighted by atomic mass is 10.2. The molecule has 21 heavy (non-hydrogen) atoms. The first-order valence-electron chi connectivity index (χ1n) is 5.97. The highest BCUT2D eigenvalue weighted by Gasteiger charge is 2.11. The molecule has 0 atom stereocenters. The van der Waals surface area contributed by atoms with Crippen LogP contribution in [0.15, 0.2) is 39.8 Å². The molecule has 0 unspecified atom stereocenters. The molecule has 0 saturated carbocycles. The van der Waals surface area contributed by atoms with E-state index in [0.717, 1.165) is 17.3 Å². The summed E-state index contributed by atoms with van der Waals surface area (Å²) in [5, 5.41) is 12.4. The molecule has 2 rings (SSSR count). The Morgan fingerprint density at radius 1 is 1.33 bits per heavy atom. The Morgan fingerprint density at radius 3 is 2.71 bits per heavy atom.